The van der Waals surface area contributed by atoms with Crippen LogP contribution < -0.4 is 0 Å². The second kappa shape index (κ2) is 6.40. The second-order valence-corrected chi connectivity index (χ2v) is 10.3. The van der Waals surface area contributed by atoms with Crippen molar-refractivity contribution in [3.8, 4) is 0 Å². The van der Waals surface area contributed by atoms with Crippen molar-refractivity contribution >= 4 is 28.5 Å². The van der Waals surface area contributed by atoms with E-state index in [1.165, 1.54) is 4.90 Å². The molecule has 1 saturated carbocycles. The maximum atomic E-state index is 13.0. The number of hydrogen-bond acceptors (Lipinski definition) is 3. The van der Waals surface area contributed by atoms with Gasteiger partial charge in [0.1, 0.15) is 0 Å². The highest BCUT2D eigenvalue weighted by Crippen LogP contribution is 2.56. The summed E-state index contributed by atoms with van der Waals surface area (Å²) in [7, 11) is 0. The van der Waals surface area contributed by atoms with Crippen molar-refractivity contribution in [3.05, 3.63) is 47.5 Å². The van der Waals surface area contributed by atoms with Crippen LogP contribution in [0.5, 0.6) is 0 Å². The van der Waals surface area contributed by atoms with Gasteiger partial charge in [0.05, 0.1) is 0 Å². The van der Waals surface area contributed by atoms with Crippen LogP contribution in [0.15, 0.2) is 36.4 Å². The van der Waals surface area contributed by atoms with Gasteiger partial charge in [0, 0.05) is 42.1 Å². The maximum absolute atomic E-state index is 13.0. The zero-order valence-corrected chi connectivity index (χ0v) is 17.9. The Hall–Kier alpha value is -2.69. The lowest BCUT2D eigenvalue weighted by Gasteiger charge is -2.41. The number of likely N-dealkylation sites (tertiary alicyclic amines) is 1. The Morgan fingerprint density at radius 2 is 1.67 bits per heavy atom. The van der Waals surface area contributed by atoms with E-state index in [2.05, 4.69) is 25.7 Å². The zero-order valence-electron chi connectivity index (χ0n) is 17.9. The summed E-state index contributed by atoms with van der Waals surface area (Å²) in [4.78, 5) is 42.3. The topological polar surface area (TPSA) is 57.7 Å². The molecule has 0 spiro atoms. The Morgan fingerprint density at radius 1 is 1.03 bits per heavy atom. The van der Waals surface area contributed by atoms with E-state index in [0.29, 0.717) is 30.0 Å². The minimum atomic E-state index is -0.259. The molecule has 0 N–H and O–H groups in total. The molecule has 0 unspecified atom stereocenters. The zero-order chi connectivity index (χ0) is 21.3. The van der Waals surface area contributed by atoms with Crippen molar-refractivity contribution in [1.82, 2.24) is 9.80 Å². The van der Waals surface area contributed by atoms with Gasteiger partial charge in [0.2, 0.25) is 5.91 Å². The number of rotatable bonds is 4. The summed E-state index contributed by atoms with van der Waals surface area (Å²) in [5.41, 5.74) is 1.52. The molecular formula is C25H28N2O3. The first-order valence-corrected chi connectivity index (χ1v) is 10.9. The molecule has 5 heteroatoms. The van der Waals surface area contributed by atoms with E-state index in [0.717, 1.165) is 30.2 Å². The summed E-state index contributed by atoms with van der Waals surface area (Å²) >= 11 is 0. The monoisotopic (exact) mass is 404 g/mol. The van der Waals surface area contributed by atoms with E-state index in [4.69, 9.17) is 0 Å². The number of nitrogens with zero attached hydrogens (tertiary/aromatic N) is 2. The third-order valence-corrected chi connectivity index (χ3v) is 7.35. The Morgan fingerprint density at radius 3 is 2.23 bits per heavy atom. The number of imide groups is 1. The van der Waals surface area contributed by atoms with E-state index in [-0.39, 0.29) is 35.1 Å². The van der Waals surface area contributed by atoms with Gasteiger partial charge in [-0.15, -0.1) is 0 Å². The average molecular weight is 405 g/mol. The lowest BCUT2D eigenvalue weighted by atomic mass is 9.79. The van der Waals surface area contributed by atoms with Crippen molar-refractivity contribution < 1.29 is 14.4 Å². The molecule has 3 aliphatic rings. The molecule has 156 valence electrons. The molecule has 0 radical (unpaired) electrons. The molecule has 2 aliphatic heterocycles. The molecule has 1 aliphatic carbocycles. The molecule has 3 amide bonds. The predicted molar refractivity (Wildman–Crippen MR) is 115 cm³/mol. The van der Waals surface area contributed by atoms with Gasteiger partial charge < -0.3 is 4.90 Å². The van der Waals surface area contributed by atoms with Crippen molar-refractivity contribution in [3.63, 3.8) is 0 Å². The van der Waals surface area contributed by atoms with Crippen LogP contribution in [-0.2, 0) is 4.79 Å². The normalized spacial score (nSPS) is 26.7. The quantitative estimate of drug-likeness (QED) is 0.716. The number of hydrogen-bond donors (Lipinski definition) is 0. The number of carbonyl (C=O) groups excluding carboxylic acids is 3. The minimum absolute atomic E-state index is 0.149. The summed E-state index contributed by atoms with van der Waals surface area (Å²) in [6, 6.07) is 11.4. The average Bonchev–Trinajstić information content (AvgIpc) is 3.17. The van der Waals surface area contributed by atoms with E-state index >= 15 is 0 Å². The van der Waals surface area contributed by atoms with Crippen molar-refractivity contribution in [1.29, 1.82) is 0 Å². The van der Waals surface area contributed by atoms with Gasteiger partial charge in [-0.05, 0) is 47.6 Å². The largest absolute Gasteiger partial charge is 0.339 e. The van der Waals surface area contributed by atoms with Crippen LogP contribution in [0.2, 0.25) is 0 Å². The van der Waals surface area contributed by atoms with E-state index in [1.807, 2.05) is 24.3 Å². The Bertz CT molecular complexity index is 1040. The molecular weight excluding hydrogens is 376 g/mol. The molecule has 5 nitrogen and oxygen atoms in total. The molecule has 2 fully saturated rings. The molecule has 2 aromatic rings. The smallest absolute Gasteiger partial charge is 0.261 e. The lowest BCUT2D eigenvalue weighted by molar-refractivity contribution is -0.136. The van der Waals surface area contributed by atoms with Gasteiger partial charge in [0.15, 0.2) is 0 Å². The fraction of sp³-hybridized carbons (Fsp3) is 0.480. The highest BCUT2D eigenvalue weighted by atomic mass is 16.2. The van der Waals surface area contributed by atoms with Gasteiger partial charge in [-0.3, -0.25) is 19.3 Å². The molecule has 2 heterocycles. The van der Waals surface area contributed by atoms with Crippen LogP contribution in [0.25, 0.3) is 10.8 Å². The maximum Gasteiger partial charge on any atom is 0.261 e. The third kappa shape index (κ3) is 2.78. The number of amides is 3. The van der Waals surface area contributed by atoms with Gasteiger partial charge >= 0.3 is 0 Å². The Labute approximate surface area is 177 Å². The summed E-state index contributed by atoms with van der Waals surface area (Å²) in [5.74, 6) is -0.368. The van der Waals surface area contributed by atoms with Gasteiger partial charge in [-0.25, -0.2) is 0 Å². The molecule has 5 rings (SSSR count). The number of fused-ring (bicyclic) bond motifs is 2. The van der Waals surface area contributed by atoms with Crippen LogP contribution in [0.4, 0.5) is 0 Å². The summed E-state index contributed by atoms with van der Waals surface area (Å²) in [6.45, 7) is 7.90. The third-order valence-electron chi connectivity index (χ3n) is 7.35. The summed E-state index contributed by atoms with van der Waals surface area (Å²) < 4.78 is 0. The lowest BCUT2D eigenvalue weighted by Crippen LogP contribution is -2.47. The second-order valence-electron chi connectivity index (χ2n) is 10.3. The number of piperidine rings is 1. The van der Waals surface area contributed by atoms with Gasteiger partial charge in [-0.1, -0.05) is 45.0 Å². The minimum Gasteiger partial charge on any atom is -0.339 e. The van der Waals surface area contributed by atoms with Crippen LogP contribution in [-0.4, -0.2) is 46.7 Å². The molecule has 1 saturated heterocycles. The highest BCUT2D eigenvalue weighted by molar-refractivity contribution is 6.25. The van der Waals surface area contributed by atoms with Crippen LogP contribution in [0, 0.1) is 10.8 Å². The van der Waals surface area contributed by atoms with Crippen LogP contribution >= 0.6 is 0 Å². The van der Waals surface area contributed by atoms with Crippen molar-refractivity contribution in [2.24, 2.45) is 10.8 Å². The van der Waals surface area contributed by atoms with E-state index < -0.39 is 0 Å². The standard InChI is InChI=1S/C25H28N2O3/c1-24(2)14-25(3)13-19(24)27(15-25)20(28)11-6-12-26-22(29)17-9-4-7-16-8-5-10-18(21(16)17)23(26)30/h4-5,7-10,19H,6,11-15H2,1-3H3/t19-,25+/m1/s1. The molecule has 2 aromatic carbocycles. The summed E-state index contributed by atoms with van der Waals surface area (Å²) in [5, 5.41) is 1.65. The number of benzene rings is 2. The number of carbonyl (C=O) groups is 3. The SMILES string of the molecule is CC1(C)C[C@]2(C)C[C@H]1N(C(=O)CCCN1C(=O)c3cccc4cccc(c34)C1=O)C2. The Kier molecular flexibility index (Phi) is 4.12. The van der Waals surface area contributed by atoms with Gasteiger partial charge in [0.25, 0.3) is 11.8 Å². The molecule has 30 heavy (non-hydrogen) atoms. The highest BCUT2D eigenvalue weighted by Gasteiger charge is 2.57. The van der Waals surface area contributed by atoms with Crippen LogP contribution in [0.3, 0.4) is 0 Å². The molecule has 2 bridgehead atoms. The van der Waals surface area contributed by atoms with E-state index in [9.17, 15) is 14.4 Å². The van der Waals surface area contributed by atoms with Crippen molar-refractivity contribution in [2.75, 3.05) is 13.1 Å². The predicted octanol–water partition coefficient (Wildman–Crippen LogP) is 4.25. The molecule has 0 aromatic heterocycles. The fourth-order valence-electron chi connectivity index (χ4n) is 6.28. The van der Waals surface area contributed by atoms with E-state index in [1.54, 1.807) is 12.1 Å². The fourth-order valence-corrected chi connectivity index (χ4v) is 6.28. The first kappa shape index (κ1) is 19.3. The van der Waals surface area contributed by atoms with Crippen molar-refractivity contribution in [2.45, 2.75) is 52.5 Å². The Balaban J connectivity index is 1.28. The van der Waals surface area contributed by atoms with Gasteiger partial charge in [-0.2, -0.15) is 0 Å². The first-order valence-electron chi connectivity index (χ1n) is 10.9. The first-order chi connectivity index (χ1) is 14.2. The molecule has 2 atom stereocenters. The van der Waals surface area contributed by atoms with Crippen LogP contribution in [0.1, 0.15) is 67.2 Å². The summed E-state index contributed by atoms with van der Waals surface area (Å²) in [6.07, 6.45) is 3.10.